The Morgan fingerprint density at radius 1 is 0.846 bits per heavy atom. The van der Waals surface area contributed by atoms with Gasteiger partial charge in [0, 0.05) is 5.56 Å². The third kappa shape index (κ3) is 5.15. The third-order valence-corrected chi connectivity index (χ3v) is 4.28. The molecule has 3 aromatic rings. The van der Waals surface area contributed by atoms with Gasteiger partial charge >= 0.3 is 0 Å². The molecule has 2 aromatic carbocycles. The second-order valence-electron chi connectivity index (χ2n) is 6.38. The van der Waals surface area contributed by atoms with Crippen LogP contribution in [0.25, 0.3) is 17.1 Å². The van der Waals surface area contributed by atoms with Crippen molar-refractivity contribution in [3.63, 3.8) is 0 Å². The van der Waals surface area contributed by atoms with Crippen molar-refractivity contribution in [2.45, 2.75) is 45.4 Å². The molecular formula is C21H26N4O. The highest BCUT2D eigenvalue weighted by Gasteiger charge is 2.07. The summed E-state index contributed by atoms with van der Waals surface area (Å²) in [6.07, 6.45) is 7.61. The normalized spacial score (nSPS) is 10.8. The summed E-state index contributed by atoms with van der Waals surface area (Å²) in [7, 11) is 0. The molecule has 3 rings (SSSR count). The van der Waals surface area contributed by atoms with Crippen LogP contribution >= 0.6 is 0 Å². The van der Waals surface area contributed by atoms with Crippen LogP contribution in [-0.4, -0.2) is 26.8 Å². The fraction of sp³-hybridized carbons (Fsp3) is 0.381. The Balaban J connectivity index is 1.49. The molecule has 1 heterocycles. The van der Waals surface area contributed by atoms with Gasteiger partial charge in [0.15, 0.2) is 0 Å². The van der Waals surface area contributed by atoms with E-state index in [4.69, 9.17) is 4.74 Å². The van der Waals surface area contributed by atoms with Crippen LogP contribution in [0.4, 0.5) is 0 Å². The first kappa shape index (κ1) is 18.1. The lowest BCUT2D eigenvalue weighted by Gasteiger charge is -2.06. The molecule has 1 aromatic heterocycles. The van der Waals surface area contributed by atoms with Gasteiger partial charge in [0.05, 0.1) is 12.3 Å². The highest BCUT2D eigenvalue weighted by Crippen LogP contribution is 2.17. The van der Waals surface area contributed by atoms with E-state index in [1.54, 1.807) is 4.80 Å². The van der Waals surface area contributed by atoms with Gasteiger partial charge in [-0.15, -0.1) is 15.0 Å². The summed E-state index contributed by atoms with van der Waals surface area (Å²) in [6.45, 7) is 3.01. The number of ether oxygens (including phenoxy) is 1. The van der Waals surface area contributed by atoms with E-state index in [9.17, 15) is 0 Å². The second-order valence-corrected chi connectivity index (χ2v) is 6.38. The molecule has 0 aliphatic heterocycles. The first-order valence-corrected chi connectivity index (χ1v) is 9.45. The highest BCUT2D eigenvalue weighted by molar-refractivity contribution is 5.53. The minimum absolute atomic E-state index is 0.619. The number of unbranched alkanes of at least 4 members (excludes halogenated alkanes) is 5. The van der Waals surface area contributed by atoms with E-state index in [1.165, 1.54) is 32.1 Å². The zero-order valence-corrected chi connectivity index (χ0v) is 15.3. The third-order valence-electron chi connectivity index (χ3n) is 4.28. The molecule has 0 saturated heterocycles. The Labute approximate surface area is 155 Å². The van der Waals surface area contributed by atoms with E-state index in [1.807, 2.05) is 54.6 Å². The highest BCUT2D eigenvalue weighted by atomic mass is 16.5. The zero-order chi connectivity index (χ0) is 18.0. The summed E-state index contributed by atoms with van der Waals surface area (Å²) < 4.78 is 5.81. The average molecular weight is 350 g/mol. The van der Waals surface area contributed by atoms with Crippen LogP contribution in [0.1, 0.15) is 45.4 Å². The molecule has 26 heavy (non-hydrogen) atoms. The average Bonchev–Trinajstić information content (AvgIpc) is 3.19. The number of nitrogens with zero attached hydrogens (tertiary/aromatic N) is 4. The van der Waals surface area contributed by atoms with Crippen molar-refractivity contribution in [1.82, 2.24) is 20.2 Å². The molecule has 0 amide bonds. The van der Waals surface area contributed by atoms with Gasteiger partial charge in [0.2, 0.25) is 5.82 Å². The molecule has 0 aliphatic carbocycles. The molecule has 0 aliphatic rings. The summed E-state index contributed by atoms with van der Waals surface area (Å²) in [6, 6.07) is 17.7. The molecule has 0 unspecified atom stereocenters. The number of rotatable bonds is 10. The monoisotopic (exact) mass is 350 g/mol. The van der Waals surface area contributed by atoms with Crippen molar-refractivity contribution >= 4 is 0 Å². The van der Waals surface area contributed by atoms with E-state index in [2.05, 4.69) is 22.3 Å². The number of hydrogen-bond acceptors (Lipinski definition) is 4. The molecule has 0 fully saturated rings. The van der Waals surface area contributed by atoms with E-state index in [0.29, 0.717) is 5.82 Å². The molecule has 5 heteroatoms. The molecule has 0 bridgehead atoms. The van der Waals surface area contributed by atoms with Gasteiger partial charge in [0.25, 0.3) is 0 Å². The van der Waals surface area contributed by atoms with Gasteiger partial charge in [-0.2, -0.15) is 0 Å². The maximum Gasteiger partial charge on any atom is 0.205 e. The van der Waals surface area contributed by atoms with Gasteiger partial charge < -0.3 is 4.74 Å². The fourth-order valence-electron chi connectivity index (χ4n) is 2.77. The second kappa shape index (κ2) is 9.70. The topological polar surface area (TPSA) is 52.8 Å². The van der Waals surface area contributed by atoms with Crippen molar-refractivity contribution in [2.75, 3.05) is 6.61 Å². The molecule has 0 N–H and O–H groups in total. The lowest BCUT2D eigenvalue weighted by molar-refractivity contribution is 0.304. The van der Waals surface area contributed by atoms with Gasteiger partial charge in [-0.1, -0.05) is 69.4 Å². The van der Waals surface area contributed by atoms with Crippen molar-refractivity contribution in [3.8, 4) is 22.8 Å². The first-order valence-electron chi connectivity index (χ1n) is 9.45. The number of hydrogen-bond donors (Lipinski definition) is 0. The van der Waals surface area contributed by atoms with Crippen molar-refractivity contribution in [3.05, 3.63) is 54.6 Å². The van der Waals surface area contributed by atoms with Crippen molar-refractivity contribution < 1.29 is 4.74 Å². The summed E-state index contributed by atoms with van der Waals surface area (Å²) in [5.41, 5.74) is 1.82. The molecule has 0 spiro atoms. The summed E-state index contributed by atoms with van der Waals surface area (Å²) in [5, 5.41) is 12.7. The summed E-state index contributed by atoms with van der Waals surface area (Å²) in [4.78, 5) is 1.54. The van der Waals surface area contributed by atoms with Gasteiger partial charge in [-0.05, 0) is 35.9 Å². The molecule has 5 nitrogen and oxygen atoms in total. The van der Waals surface area contributed by atoms with Crippen LogP contribution in [0.5, 0.6) is 5.75 Å². The minimum Gasteiger partial charge on any atom is -0.494 e. The number of aromatic nitrogens is 4. The SMILES string of the molecule is CCCCCCCCOc1ccc(-n2nnc(-c3ccccc3)n2)cc1. The van der Waals surface area contributed by atoms with Crippen molar-refractivity contribution in [1.29, 1.82) is 0 Å². The maximum absolute atomic E-state index is 5.81. The predicted octanol–water partition coefficient (Wildman–Crippen LogP) is 5.07. The smallest absolute Gasteiger partial charge is 0.205 e. The van der Waals surface area contributed by atoms with E-state index >= 15 is 0 Å². The van der Waals surface area contributed by atoms with Crippen LogP contribution in [0.3, 0.4) is 0 Å². The molecule has 0 saturated carbocycles. The maximum atomic E-state index is 5.81. The lowest BCUT2D eigenvalue weighted by Crippen LogP contribution is -2.00. The molecule has 0 radical (unpaired) electrons. The van der Waals surface area contributed by atoms with Gasteiger partial charge in [0.1, 0.15) is 5.75 Å². The lowest BCUT2D eigenvalue weighted by atomic mass is 10.1. The predicted molar refractivity (Wildman–Crippen MR) is 103 cm³/mol. The summed E-state index contributed by atoms with van der Waals surface area (Å²) >= 11 is 0. The van der Waals surface area contributed by atoms with Crippen LogP contribution < -0.4 is 4.74 Å². The minimum atomic E-state index is 0.619. The Morgan fingerprint density at radius 3 is 2.35 bits per heavy atom. The van der Waals surface area contributed by atoms with E-state index in [-0.39, 0.29) is 0 Å². The molecule has 136 valence electrons. The van der Waals surface area contributed by atoms with Crippen LogP contribution in [0.15, 0.2) is 54.6 Å². The van der Waals surface area contributed by atoms with E-state index in [0.717, 1.165) is 30.0 Å². The Kier molecular flexibility index (Phi) is 6.76. The largest absolute Gasteiger partial charge is 0.494 e. The Morgan fingerprint density at radius 2 is 1.58 bits per heavy atom. The van der Waals surface area contributed by atoms with Gasteiger partial charge in [-0.25, -0.2) is 0 Å². The molecular weight excluding hydrogens is 324 g/mol. The van der Waals surface area contributed by atoms with Gasteiger partial charge in [-0.3, -0.25) is 0 Å². The van der Waals surface area contributed by atoms with Crippen LogP contribution in [-0.2, 0) is 0 Å². The Hall–Kier alpha value is -2.69. The summed E-state index contributed by atoms with van der Waals surface area (Å²) in [5.74, 6) is 1.50. The quantitative estimate of drug-likeness (QED) is 0.479. The van der Waals surface area contributed by atoms with Crippen LogP contribution in [0.2, 0.25) is 0 Å². The van der Waals surface area contributed by atoms with E-state index < -0.39 is 0 Å². The standard InChI is InChI=1S/C21H26N4O/c1-2-3-4-5-6-10-17-26-20-15-13-19(14-16-20)25-23-21(22-24-25)18-11-8-7-9-12-18/h7-9,11-16H,2-6,10,17H2,1H3. The Bertz CT molecular complexity index is 768. The number of tetrazole rings is 1. The van der Waals surface area contributed by atoms with Crippen molar-refractivity contribution in [2.24, 2.45) is 0 Å². The fourth-order valence-corrected chi connectivity index (χ4v) is 2.77. The zero-order valence-electron chi connectivity index (χ0n) is 15.3. The number of benzene rings is 2. The molecule has 0 atom stereocenters. The first-order chi connectivity index (χ1) is 12.9. The van der Waals surface area contributed by atoms with Crippen LogP contribution in [0, 0.1) is 0 Å².